The average Bonchev–Trinajstić information content (AvgIpc) is 3.00. The van der Waals surface area contributed by atoms with Crippen molar-refractivity contribution in [2.45, 2.75) is 31.4 Å². The third-order valence-corrected chi connectivity index (χ3v) is 3.90. The van der Waals surface area contributed by atoms with Crippen molar-refractivity contribution in [3.05, 3.63) is 23.8 Å². The van der Waals surface area contributed by atoms with Gasteiger partial charge >= 0.3 is 0 Å². The highest BCUT2D eigenvalue weighted by Crippen LogP contribution is 2.36. The summed E-state index contributed by atoms with van der Waals surface area (Å²) in [6.07, 6.45) is 3.37. The number of aromatic nitrogens is 2. The van der Waals surface area contributed by atoms with Crippen molar-refractivity contribution in [3.8, 4) is 6.07 Å². The van der Waals surface area contributed by atoms with E-state index in [0.717, 1.165) is 30.3 Å². The Hall–Kier alpha value is -2.06. The number of nitrogen functional groups attached to an aromatic ring is 1. The fraction of sp³-hybridized carbons (Fsp3) is 0.429. The molecule has 5 nitrogen and oxygen atoms in total. The van der Waals surface area contributed by atoms with Gasteiger partial charge in [-0.05, 0) is 37.5 Å². The van der Waals surface area contributed by atoms with Crippen molar-refractivity contribution in [2.24, 2.45) is 0 Å². The number of hydrogen-bond donors (Lipinski definition) is 1. The number of rotatable bonds is 2. The molecule has 2 unspecified atom stereocenters. The first-order valence-electron chi connectivity index (χ1n) is 6.45. The second-order valence-electron chi connectivity index (χ2n) is 4.93. The standard InChI is InChI=1S/C14H16N4O/c1-19-13-4-2-3-11(13)18-12-7-9(8-15)5-6-10(12)17-14(18)16/h5-7,11,13H,2-4H2,1H3,(H2,16,17). The van der Waals surface area contributed by atoms with E-state index in [4.69, 9.17) is 15.7 Å². The van der Waals surface area contributed by atoms with Gasteiger partial charge in [-0.1, -0.05) is 0 Å². The average molecular weight is 256 g/mol. The molecule has 1 heterocycles. The molecule has 0 radical (unpaired) electrons. The number of ether oxygens (including phenoxy) is 1. The second-order valence-corrected chi connectivity index (χ2v) is 4.93. The molecule has 5 heteroatoms. The van der Waals surface area contributed by atoms with Crippen LogP contribution in [0.15, 0.2) is 18.2 Å². The third-order valence-electron chi connectivity index (χ3n) is 3.90. The lowest BCUT2D eigenvalue weighted by molar-refractivity contribution is 0.0768. The molecule has 19 heavy (non-hydrogen) atoms. The molecule has 0 saturated heterocycles. The second kappa shape index (κ2) is 4.56. The summed E-state index contributed by atoms with van der Waals surface area (Å²) in [4.78, 5) is 4.38. The molecular weight excluding hydrogens is 240 g/mol. The van der Waals surface area contributed by atoms with Crippen molar-refractivity contribution < 1.29 is 4.74 Å². The zero-order valence-corrected chi connectivity index (χ0v) is 10.8. The number of anilines is 1. The lowest BCUT2D eigenvalue weighted by Crippen LogP contribution is -2.21. The molecule has 2 atom stereocenters. The summed E-state index contributed by atoms with van der Waals surface area (Å²) in [5.74, 6) is 0.499. The molecule has 3 rings (SSSR count). The zero-order valence-electron chi connectivity index (χ0n) is 10.8. The topological polar surface area (TPSA) is 76.9 Å². The molecule has 1 aliphatic carbocycles. The van der Waals surface area contributed by atoms with E-state index in [0.29, 0.717) is 11.5 Å². The molecule has 0 aliphatic heterocycles. The van der Waals surface area contributed by atoms with Crippen molar-refractivity contribution in [3.63, 3.8) is 0 Å². The SMILES string of the molecule is COC1CCCC1n1c(N)nc2ccc(C#N)cc21. The van der Waals surface area contributed by atoms with Crippen molar-refractivity contribution in [2.75, 3.05) is 12.8 Å². The van der Waals surface area contributed by atoms with Crippen LogP contribution in [0.4, 0.5) is 5.95 Å². The first kappa shape index (κ1) is 12.0. The summed E-state index contributed by atoms with van der Waals surface area (Å²) >= 11 is 0. The van der Waals surface area contributed by atoms with E-state index >= 15 is 0 Å². The fourth-order valence-electron chi connectivity index (χ4n) is 3.01. The van der Waals surface area contributed by atoms with Crippen molar-refractivity contribution in [1.29, 1.82) is 5.26 Å². The largest absolute Gasteiger partial charge is 0.379 e. The number of nitriles is 1. The van der Waals surface area contributed by atoms with Gasteiger partial charge in [0.25, 0.3) is 0 Å². The van der Waals surface area contributed by atoms with E-state index in [1.165, 1.54) is 0 Å². The van der Waals surface area contributed by atoms with Crippen LogP contribution < -0.4 is 5.73 Å². The van der Waals surface area contributed by atoms with Gasteiger partial charge in [0.2, 0.25) is 5.95 Å². The fourth-order valence-corrected chi connectivity index (χ4v) is 3.01. The molecule has 98 valence electrons. The van der Waals surface area contributed by atoms with Crippen LogP contribution in [0.3, 0.4) is 0 Å². The minimum absolute atomic E-state index is 0.172. The van der Waals surface area contributed by atoms with E-state index in [9.17, 15) is 0 Å². The van der Waals surface area contributed by atoms with Gasteiger partial charge in [-0.25, -0.2) is 4.98 Å². The van der Waals surface area contributed by atoms with Crippen LogP contribution in [0.5, 0.6) is 0 Å². The Balaban J connectivity index is 2.16. The molecule has 1 fully saturated rings. The van der Waals surface area contributed by atoms with Gasteiger partial charge in [0.1, 0.15) is 0 Å². The van der Waals surface area contributed by atoms with Crippen LogP contribution >= 0.6 is 0 Å². The van der Waals surface area contributed by atoms with Gasteiger partial charge in [0.15, 0.2) is 0 Å². The Bertz CT molecular complexity index is 655. The summed E-state index contributed by atoms with van der Waals surface area (Å²) in [6, 6.07) is 7.83. The Morgan fingerprint density at radius 3 is 3.05 bits per heavy atom. The van der Waals surface area contributed by atoms with Crippen LogP contribution in [-0.4, -0.2) is 22.8 Å². The number of nitrogens with zero attached hydrogens (tertiary/aromatic N) is 3. The predicted molar refractivity (Wildman–Crippen MR) is 72.5 cm³/mol. The van der Waals surface area contributed by atoms with E-state index in [-0.39, 0.29) is 12.1 Å². The lowest BCUT2D eigenvalue weighted by atomic mass is 10.1. The molecule has 1 saturated carbocycles. The molecule has 1 aromatic carbocycles. The summed E-state index contributed by atoms with van der Waals surface area (Å²) in [5.41, 5.74) is 8.43. The Morgan fingerprint density at radius 2 is 2.32 bits per heavy atom. The van der Waals surface area contributed by atoms with Gasteiger partial charge in [-0.3, -0.25) is 0 Å². The maximum Gasteiger partial charge on any atom is 0.201 e. The number of nitrogens with two attached hydrogens (primary N) is 1. The zero-order chi connectivity index (χ0) is 13.4. The minimum atomic E-state index is 0.172. The highest BCUT2D eigenvalue weighted by molar-refractivity contribution is 5.80. The first-order chi connectivity index (χ1) is 9.24. The van der Waals surface area contributed by atoms with Crippen molar-refractivity contribution >= 4 is 17.0 Å². The number of benzene rings is 1. The number of fused-ring (bicyclic) bond motifs is 1. The normalized spacial score (nSPS) is 22.7. The van der Waals surface area contributed by atoms with E-state index in [1.54, 1.807) is 13.2 Å². The quantitative estimate of drug-likeness (QED) is 0.893. The van der Waals surface area contributed by atoms with E-state index in [1.807, 2.05) is 16.7 Å². The van der Waals surface area contributed by atoms with Gasteiger partial charge in [-0.2, -0.15) is 5.26 Å². The van der Waals surface area contributed by atoms with Crippen LogP contribution in [0.2, 0.25) is 0 Å². The molecule has 0 spiro atoms. The molecule has 1 aromatic heterocycles. The molecular formula is C14H16N4O. The Kier molecular flexibility index (Phi) is 2.88. The van der Waals surface area contributed by atoms with E-state index in [2.05, 4.69) is 11.1 Å². The smallest absolute Gasteiger partial charge is 0.201 e. The lowest BCUT2D eigenvalue weighted by Gasteiger charge is -2.21. The van der Waals surface area contributed by atoms with Gasteiger partial charge < -0.3 is 15.0 Å². The van der Waals surface area contributed by atoms with Gasteiger partial charge in [0, 0.05) is 7.11 Å². The van der Waals surface area contributed by atoms with Crippen LogP contribution in [0.25, 0.3) is 11.0 Å². The molecule has 2 aromatic rings. The number of imidazole rings is 1. The van der Waals surface area contributed by atoms with Crippen LogP contribution in [0.1, 0.15) is 30.9 Å². The van der Waals surface area contributed by atoms with Crippen LogP contribution in [-0.2, 0) is 4.74 Å². The molecule has 0 amide bonds. The maximum atomic E-state index is 9.02. The Morgan fingerprint density at radius 1 is 1.47 bits per heavy atom. The summed E-state index contributed by atoms with van der Waals surface area (Å²) in [7, 11) is 1.74. The van der Waals surface area contributed by atoms with E-state index < -0.39 is 0 Å². The summed E-state index contributed by atoms with van der Waals surface area (Å²) in [6.45, 7) is 0. The minimum Gasteiger partial charge on any atom is -0.379 e. The number of hydrogen-bond acceptors (Lipinski definition) is 4. The van der Waals surface area contributed by atoms with Gasteiger partial charge in [-0.15, -0.1) is 0 Å². The monoisotopic (exact) mass is 256 g/mol. The molecule has 2 N–H and O–H groups in total. The Labute approximate surface area is 111 Å². The summed E-state index contributed by atoms with van der Waals surface area (Å²) in [5, 5.41) is 9.02. The first-order valence-corrected chi connectivity index (χ1v) is 6.45. The molecule has 0 bridgehead atoms. The van der Waals surface area contributed by atoms with Crippen LogP contribution in [0, 0.1) is 11.3 Å². The summed E-state index contributed by atoms with van der Waals surface area (Å²) < 4.78 is 7.56. The maximum absolute atomic E-state index is 9.02. The predicted octanol–water partition coefficient (Wildman–Crippen LogP) is 2.23. The third kappa shape index (κ3) is 1.85. The van der Waals surface area contributed by atoms with Gasteiger partial charge in [0.05, 0.1) is 34.8 Å². The number of methoxy groups -OCH3 is 1. The highest BCUT2D eigenvalue weighted by Gasteiger charge is 2.31. The highest BCUT2D eigenvalue weighted by atomic mass is 16.5. The molecule has 1 aliphatic rings. The van der Waals surface area contributed by atoms with Crippen molar-refractivity contribution in [1.82, 2.24) is 9.55 Å².